The van der Waals surface area contributed by atoms with Crippen molar-refractivity contribution in [2.24, 2.45) is 0 Å². The molecule has 0 saturated heterocycles. The minimum atomic E-state index is -0.568. The number of ether oxygens (including phenoxy) is 2. The van der Waals surface area contributed by atoms with E-state index in [-0.39, 0.29) is 18.1 Å². The molecule has 1 heterocycles. The van der Waals surface area contributed by atoms with Crippen LogP contribution in [0.1, 0.15) is 13.3 Å². The fraction of sp³-hybridized carbons (Fsp3) is 0.600. The van der Waals surface area contributed by atoms with Crippen molar-refractivity contribution < 1.29 is 19.1 Å². The summed E-state index contributed by atoms with van der Waals surface area (Å²) in [7, 11) is 1.53. The molecule has 1 aliphatic heterocycles. The SMILES string of the molecule is CCOC(=O)C1=C(COC)CCNC1=O. The average molecular weight is 213 g/mol. The third kappa shape index (κ3) is 2.79. The van der Waals surface area contributed by atoms with Crippen molar-refractivity contribution in [3.8, 4) is 0 Å². The number of carbonyl (C=O) groups excluding carboxylic acids is 2. The Labute approximate surface area is 88.4 Å². The van der Waals surface area contributed by atoms with Gasteiger partial charge in [-0.25, -0.2) is 4.79 Å². The van der Waals surface area contributed by atoms with Gasteiger partial charge in [-0.1, -0.05) is 0 Å². The quantitative estimate of drug-likeness (QED) is 0.528. The van der Waals surface area contributed by atoms with Crippen molar-refractivity contribution in [1.29, 1.82) is 0 Å². The molecule has 0 aromatic rings. The molecule has 84 valence electrons. The smallest absolute Gasteiger partial charge is 0.343 e. The summed E-state index contributed by atoms with van der Waals surface area (Å²) in [5.74, 6) is -0.937. The van der Waals surface area contributed by atoms with Crippen LogP contribution in [0.2, 0.25) is 0 Å². The van der Waals surface area contributed by atoms with Crippen molar-refractivity contribution in [1.82, 2.24) is 5.32 Å². The average Bonchev–Trinajstić information content (AvgIpc) is 2.18. The van der Waals surface area contributed by atoms with Crippen LogP contribution < -0.4 is 5.32 Å². The lowest BCUT2D eigenvalue weighted by atomic mass is 10.0. The molecule has 0 aromatic carbocycles. The van der Waals surface area contributed by atoms with Gasteiger partial charge in [0.1, 0.15) is 5.57 Å². The second kappa shape index (κ2) is 5.50. The number of rotatable bonds is 4. The molecule has 5 heteroatoms. The van der Waals surface area contributed by atoms with E-state index >= 15 is 0 Å². The fourth-order valence-electron chi connectivity index (χ4n) is 1.46. The van der Waals surface area contributed by atoms with Crippen LogP contribution in [0.15, 0.2) is 11.1 Å². The van der Waals surface area contributed by atoms with Gasteiger partial charge in [-0.05, 0) is 18.9 Å². The molecule has 1 N–H and O–H groups in total. The topological polar surface area (TPSA) is 64.6 Å². The molecule has 5 nitrogen and oxygen atoms in total. The van der Waals surface area contributed by atoms with Gasteiger partial charge in [0, 0.05) is 13.7 Å². The Morgan fingerprint density at radius 2 is 2.27 bits per heavy atom. The van der Waals surface area contributed by atoms with E-state index in [2.05, 4.69) is 5.32 Å². The van der Waals surface area contributed by atoms with Crippen molar-refractivity contribution in [2.75, 3.05) is 26.9 Å². The molecule has 15 heavy (non-hydrogen) atoms. The van der Waals surface area contributed by atoms with Gasteiger partial charge in [0.25, 0.3) is 5.91 Å². The van der Waals surface area contributed by atoms with Crippen molar-refractivity contribution in [3.05, 3.63) is 11.1 Å². The first-order valence-corrected chi connectivity index (χ1v) is 4.87. The van der Waals surface area contributed by atoms with Crippen LogP contribution in [-0.2, 0) is 19.1 Å². The maximum absolute atomic E-state index is 11.5. The first-order chi connectivity index (χ1) is 7.20. The summed E-state index contributed by atoms with van der Waals surface area (Å²) < 4.78 is 9.76. The molecular formula is C10H15NO4. The predicted molar refractivity (Wildman–Crippen MR) is 53.2 cm³/mol. The Morgan fingerprint density at radius 1 is 1.53 bits per heavy atom. The minimum Gasteiger partial charge on any atom is -0.462 e. The van der Waals surface area contributed by atoms with Gasteiger partial charge in [0.2, 0.25) is 0 Å². The first kappa shape index (κ1) is 11.7. The molecule has 1 amide bonds. The van der Waals surface area contributed by atoms with E-state index in [1.165, 1.54) is 7.11 Å². The molecular weight excluding hydrogens is 198 g/mol. The Morgan fingerprint density at radius 3 is 2.87 bits per heavy atom. The van der Waals surface area contributed by atoms with Gasteiger partial charge >= 0.3 is 5.97 Å². The number of amides is 1. The summed E-state index contributed by atoms with van der Waals surface area (Å²) in [5, 5.41) is 2.61. The zero-order valence-corrected chi connectivity index (χ0v) is 8.96. The molecule has 0 aliphatic carbocycles. The van der Waals surface area contributed by atoms with Crippen LogP contribution in [-0.4, -0.2) is 38.7 Å². The van der Waals surface area contributed by atoms with E-state index in [1.807, 2.05) is 0 Å². The summed E-state index contributed by atoms with van der Waals surface area (Å²) in [6.45, 7) is 2.80. The summed E-state index contributed by atoms with van der Waals surface area (Å²) in [4.78, 5) is 23.0. The highest BCUT2D eigenvalue weighted by molar-refractivity contribution is 6.17. The number of hydrogen-bond donors (Lipinski definition) is 1. The van der Waals surface area contributed by atoms with Gasteiger partial charge in [0.15, 0.2) is 0 Å². The van der Waals surface area contributed by atoms with E-state index in [1.54, 1.807) is 6.92 Å². The number of methoxy groups -OCH3 is 1. The van der Waals surface area contributed by atoms with Gasteiger partial charge < -0.3 is 14.8 Å². The highest BCUT2D eigenvalue weighted by Crippen LogP contribution is 2.15. The highest BCUT2D eigenvalue weighted by Gasteiger charge is 2.27. The fourth-order valence-corrected chi connectivity index (χ4v) is 1.46. The van der Waals surface area contributed by atoms with Crippen LogP contribution >= 0.6 is 0 Å². The van der Waals surface area contributed by atoms with E-state index < -0.39 is 5.97 Å². The predicted octanol–water partition coefficient (Wildman–Crippen LogP) is 0.0124. The second-order valence-electron chi connectivity index (χ2n) is 3.14. The number of hydrogen-bond acceptors (Lipinski definition) is 4. The number of nitrogens with one attached hydrogen (secondary N) is 1. The maximum atomic E-state index is 11.5. The van der Waals surface area contributed by atoms with E-state index in [0.29, 0.717) is 25.1 Å². The molecule has 0 radical (unpaired) electrons. The Hall–Kier alpha value is -1.36. The standard InChI is InChI=1S/C10H15NO4/c1-3-15-10(13)8-7(6-14-2)4-5-11-9(8)12/h3-6H2,1-2H3,(H,11,12). The normalized spacial score (nSPS) is 16.3. The molecule has 0 atom stereocenters. The van der Waals surface area contributed by atoms with Gasteiger partial charge in [0.05, 0.1) is 13.2 Å². The lowest BCUT2D eigenvalue weighted by Gasteiger charge is -2.18. The first-order valence-electron chi connectivity index (χ1n) is 4.87. The third-order valence-corrected chi connectivity index (χ3v) is 2.09. The summed E-state index contributed by atoms with van der Waals surface area (Å²) in [6, 6.07) is 0. The molecule has 1 rings (SSSR count). The summed E-state index contributed by atoms with van der Waals surface area (Å²) >= 11 is 0. The minimum absolute atomic E-state index is 0.102. The second-order valence-corrected chi connectivity index (χ2v) is 3.14. The molecule has 0 aromatic heterocycles. The van der Waals surface area contributed by atoms with Crippen LogP contribution in [0.5, 0.6) is 0 Å². The Balaban J connectivity index is 2.91. The Bertz CT molecular complexity index is 296. The monoisotopic (exact) mass is 213 g/mol. The summed E-state index contributed by atoms with van der Waals surface area (Å²) in [5.41, 5.74) is 0.810. The molecule has 0 spiro atoms. The third-order valence-electron chi connectivity index (χ3n) is 2.09. The van der Waals surface area contributed by atoms with Crippen LogP contribution in [0.25, 0.3) is 0 Å². The molecule has 0 fully saturated rings. The molecule has 0 bridgehead atoms. The maximum Gasteiger partial charge on any atom is 0.343 e. The van der Waals surface area contributed by atoms with Crippen molar-refractivity contribution in [3.63, 3.8) is 0 Å². The zero-order chi connectivity index (χ0) is 11.3. The van der Waals surface area contributed by atoms with E-state index in [0.717, 1.165) is 0 Å². The van der Waals surface area contributed by atoms with Crippen LogP contribution in [0.3, 0.4) is 0 Å². The lowest BCUT2D eigenvalue weighted by Crippen LogP contribution is -2.36. The molecule has 0 unspecified atom stereocenters. The largest absolute Gasteiger partial charge is 0.462 e. The summed E-state index contributed by atoms with van der Waals surface area (Å²) in [6.07, 6.45) is 0.633. The Kier molecular flexibility index (Phi) is 4.30. The van der Waals surface area contributed by atoms with Crippen molar-refractivity contribution >= 4 is 11.9 Å². The lowest BCUT2D eigenvalue weighted by molar-refractivity contribution is -0.140. The van der Waals surface area contributed by atoms with Crippen LogP contribution in [0.4, 0.5) is 0 Å². The van der Waals surface area contributed by atoms with E-state index in [4.69, 9.17) is 9.47 Å². The molecule has 1 aliphatic rings. The number of carbonyl (C=O) groups is 2. The van der Waals surface area contributed by atoms with Crippen LogP contribution in [0, 0.1) is 0 Å². The van der Waals surface area contributed by atoms with Crippen molar-refractivity contribution in [2.45, 2.75) is 13.3 Å². The van der Waals surface area contributed by atoms with E-state index in [9.17, 15) is 9.59 Å². The van der Waals surface area contributed by atoms with Gasteiger partial charge in [-0.15, -0.1) is 0 Å². The van der Waals surface area contributed by atoms with Gasteiger partial charge in [-0.2, -0.15) is 0 Å². The van der Waals surface area contributed by atoms with Gasteiger partial charge in [-0.3, -0.25) is 4.79 Å². The zero-order valence-electron chi connectivity index (χ0n) is 8.96. The molecule has 0 saturated carbocycles. The highest BCUT2D eigenvalue weighted by atomic mass is 16.5. The number of esters is 1.